The second kappa shape index (κ2) is 3.05. The van der Waals surface area contributed by atoms with Crippen molar-refractivity contribution in [1.82, 2.24) is 5.32 Å². The van der Waals surface area contributed by atoms with Crippen molar-refractivity contribution in [2.75, 3.05) is 19.8 Å². The molecule has 2 saturated heterocycles. The van der Waals surface area contributed by atoms with Gasteiger partial charge in [0.1, 0.15) is 0 Å². The van der Waals surface area contributed by atoms with Crippen LogP contribution in [0, 0.1) is 5.41 Å². The van der Waals surface area contributed by atoms with Crippen LogP contribution in [0.2, 0.25) is 0 Å². The van der Waals surface area contributed by atoms with Gasteiger partial charge in [0, 0.05) is 13.2 Å². The smallest absolute Gasteiger partial charge is 0.228 e. The normalized spacial score (nSPS) is 36.5. The fraction of sp³-hybridized carbons (Fsp3) is 0.889. The molecule has 1 unspecified atom stereocenters. The summed E-state index contributed by atoms with van der Waals surface area (Å²) in [5.74, 6) is 0.216. The molecule has 0 radical (unpaired) electrons. The van der Waals surface area contributed by atoms with Crippen molar-refractivity contribution in [3.8, 4) is 0 Å². The largest absolute Gasteiger partial charge is 0.380 e. The molecule has 0 aromatic heterocycles. The zero-order valence-electron chi connectivity index (χ0n) is 7.27. The first-order chi connectivity index (χ1) is 5.83. The van der Waals surface area contributed by atoms with Crippen molar-refractivity contribution in [1.29, 1.82) is 0 Å². The summed E-state index contributed by atoms with van der Waals surface area (Å²) < 4.78 is 5.37. The van der Waals surface area contributed by atoms with Gasteiger partial charge in [-0.25, -0.2) is 0 Å². The van der Waals surface area contributed by atoms with E-state index in [0.29, 0.717) is 6.61 Å². The molecule has 2 heterocycles. The zero-order chi connectivity index (χ0) is 8.44. The Kier molecular flexibility index (Phi) is 2.05. The number of ether oxygens (including phenoxy) is 1. The Balaban J connectivity index is 2.09. The van der Waals surface area contributed by atoms with Crippen LogP contribution in [0.3, 0.4) is 0 Å². The number of rotatable bonds is 0. The fourth-order valence-corrected chi connectivity index (χ4v) is 2.16. The van der Waals surface area contributed by atoms with Crippen molar-refractivity contribution in [3.63, 3.8) is 0 Å². The Morgan fingerprint density at radius 1 is 1.33 bits per heavy atom. The second-order valence-corrected chi connectivity index (χ2v) is 3.80. The van der Waals surface area contributed by atoms with Crippen LogP contribution in [0.5, 0.6) is 0 Å². The van der Waals surface area contributed by atoms with Gasteiger partial charge in [0.2, 0.25) is 5.91 Å². The highest BCUT2D eigenvalue weighted by Crippen LogP contribution is 2.35. The van der Waals surface area contributed by atoms with Crippen LogP contribution < -0.4 is 5.32 Å². The summed E-state index contributed by atoms with van der Waals surface area (Å²) in [6, 6.07) is 0. The Labute approximate surface area is 72.5 Å². The van der Waals surface area contributed by atoms with Crippen LogP contribution in [0.4, 0.5) is 0 Å². The van der Waals surface area contributed by atoms with Crippen LogP contribution >= 0.6 is 0 Å². The summed E-state index contributed by atoms with van der Waals surface area (Å²) >= 11 is 0. The molecule has 2 aliphatic rings. The molecule has 1 amide bonds. The van der Waals surface area contributed by atoms with Gasteiger partial charge in [-0.05, 0) is 25.7 Å². The summed E-state index contributed by atoms with van der Waals surface area (Å²) in [5.41, 5.74) is -0.156. The van der Waals surface area contributed by atoms with Crippen molar-refractivity contribution in [3.05, 3.63) is 0 Å². The summed E-state index contributed by atoms with van der Waals surface area (Å²) in [6.07, 6.45) is 4.17. The van der Waals surface area contributed by atoms with E-state index in [0.717, 1.165) is 38.8 Å². The SMILES string of the molecule is O=C1NCCCC12CCCOC2. The van der Waals surface area contributed by atoms with E-state index in [4.69, 9.17) is 4.74 Å². The van der Waals surface area contributed by atoms with Crippen LogP contribution in [0.25, 0.3) is 0 Å². The molecule has 0 aromatic rings. The topological polar surface area (TPSA) is 38.3 Å². The summed E-state index contributed by atoms with van der Waals surface area (Å²) in [4.78, 5) is 11.6. The highest BCUT2D eigenvalue weighted by molar-refractivity contribution is 5.83. The first kappa shape index (κ1) is 8.05. The van der Waals surface area contributed by atoms with Crippen molar-refractivity contribution in [2.24, 2.45) is 5.41 Å². The monoisotopic (exact) mass is 169 g/mol. The average molecular weight is 169 g/mol. The minimum absolute atomic E-state index is 0.156. The average Bonchev–Trinajstić information content (AvgIpc) is 2.12. The third-order valence-corrected chi connectivity index (χ3v) is 2.92. The third kappa shape index (κ3) is 1.22. The van der Waals surface area contributed by atoms with Gasteiger partial charge in [0.05, 0.1) is 12.0 Å². The third-order valence-electron chi connectivity index (χ3n) is 2.92. The van der Waals surface area contributed by atoms with Gasteiger partial charge >= 0.3 is 0 Å². The van der Waals surface area contributed by atoms with Crippen molar-refractivity contribution >= 4 is 5.91 Å². The molecule has 0 aromatic carbocycles. The lowest BCUT2D eigenvalue weighted by molar-refractivity contribution is -0.142. The van der Waals surface area contributed by atoms with E-state index in [1.807, 2.05) is 0 Å². The first-order valence-corrected chi connectivity index (χ1v) is 4.70. The van der Waals surface area contributed by atoms with Crippen LogP contribution in [0.1, 0.15) is 25.7 Å². The number of hydrogen-bond donors (Lipinski definition) is 1. The minimum atomic E-state index is -0.156. The predicted molar refractivity (Wildman–Crippen MR) is 44.7 cm³/mol. The van der Waals surface area contributed by atoms with E-state index in [1.165, 1.54) is 0 Å². The van der Waals surface area contributed by atoms with Gasteiger partial charge in [-0.2, -0.15) is 0 Å². The standard InChI is InChI=1S/C9H15NO2/c11-8-9(3-1-5-10-8)4-2-6-12-7-9/h1-7H2,(H,10,11). The number of amides is 1. The van der Waals surface area contributed by atoms with Crippen LogP contribution in [-0.4, -0.2) is 25.7 Å². The maximum Gasteiger partial charge on any atom is 0.228 e. The number of nitrogens with one attached hydrogen (secondary N) is 1. The van der Waals surface area contributed by atoms with E-state index in [2.05, 4.69) is 5.32 Å². The van der Waals surface area contributed by atoms with E-state index < -0.39 is 0 Å². The first-order valence-electron chi connectivity index (χ1n) is 4.70. The maximum atomic E-state index is 11.6. The molecule has 0 aliphatic carbocycles. The molecule has 1 N–H and O–H groups in total. The van der Waals surface area contributed by atoms with E-state index in [1.54, 1.807) is 0 Å². The molecule has 68 valence electrons. The lowest BCUT2D eigenvalue weighted by Gasteiger charge is -2.38. The summed E-state index contributed by atoms with van der Waals surface area (Å²) in [6.45, 7) is 2.31. The Morgan fingerprint density at radius 2 is 2.17 bits per heavy atom. The molecule has 0 saturated carbocycles. The molecule has 0 bridgehead atoms. The molecular formula is C9H15NO2. The van der Waals surface area contributed by atoms with E-state index >= 15 is 0 Å². The lowest BCUT2D eigenvalue weighted by Crippen LogP contribution is -2.50. The second-order valence-electron chi connectivity index (χ2n) is 3.80. The fourth-order valence-electron chi connectivity index (χ4n) is 2.16. The highest BCUT2D eigenvalue weighted by Gasteiger charge is 2.41. The number of carbonyl (C=O) groups is 1. The Bertz CT molecular complexity index is 177. The van der Waals surface area contributed by atoms with Crippen LogP contribution in [0.15, 0.2) is 0 Å². The molecule has 3 heteroatoms. The molecule has 1 atom stereocenters. The van der Waals surface area contributed by atoms with Crippen molar-refractivity contribution in [2.45, 2.75) is 25.7 Å². The lowest BCUT2D eigenvalue weighted by atomic mass is 9.76. The molecule has 2 fully saturated rings. The molecular weight excluding hydrogens is 154 g/mol. The maximum absolute atomic E-state index is 11.6. The van der Waals surface area contributed by atoms with Gasteiger partial charge < -0.3 is 10.1 Å². The quantitative estimate of drug-likeness (QED) is 0.579. The summed E-state index contributed by atoms with van der Waals surface area (Å²) in [5, 5.41) is 2.92. The van der Waals surface area contributed by atoms with Gasteiger partial charge in [-0.1, -0.05) is 0 Å². The zero-order valence-corrected chi connectivity index (χ0v) is 7.27. The number of hydrogen-bond acceptors (Lipinski definition) is 2. The van der Waals surface area contributed by atoms with E-state index in [-0.39, 0.29) is 11.3 Å². The Morgan fingerprint density at radius 3 is 2.83 bits per heavy atom. The van der Waals surface area contributed by atoms with Crippen LogP contribution in [-0.2, 0) is 9.53 Å². The van der Waals surface area contributed by atoms with Gasteiger partial charge in [0.15, 0.2) is 0 Å². The predicted octanol–water partition coefficient (Wildman–Crippen LogP) is 0.693. The van der Waals surface area contributed by atoms with E-state index in [9.17, 15) is 4.79 Å². The molecule has 12 heavy (non-hydrogen) atoms. The number of piperidine rings is 1. The molecule has 2 rings (SSSR count). The van der Waals surface area contributed by atoms with Crippen molar-refractivity contribution < 1.29 is 9.53 Å². The molecule has 1 spiro atoms. The van der Waals surface area contributed by atoms with Gasteiger partial charge in [-0.15, -0.1) is 0 Å². The summed E-state index contributed by atoms with van der Waals surface area (Å²) in [7, 11) is 0. The Hall–Kier alpha value is -0.570. The molecule has 3 nitrogen and oxygen atoms in total. The minimum Gasteiger partial charge on any atom is -0.380 e. The highest BCUT2D eigenvalue weighted by atomic mass is 16.5. The van der Waals surface area contributed by atoms with Gasteiger partial charge in [0.25, 0.3) is 0 Å². The molecule has 2 aliphatic heterocycles. The number of carbonyl (C=O) groups excluding carboxylic acids is 1. The van der Waals surface area contributed by atoms with Gasteiger partial charge in [-0.3, -0.25) is 4.79 Å².